The maximum atomic E-state index is 12.1. The van der Waals surface area contributed by atoms with Crippen LogP contribution in [0.25, 0.3) is 0 Å². The Labute approximate surface area is 123 Å². The van der Waals surface area contributed by atoms with Crippen molar-refractivity contribution >= 4 is 43.5 Å². The first-order valence-electron chi connectivity index (χ1n) is 5.63. The van der Waals surface area contributed by atoms with Crippen LogP contribution in [0.2, 0.25) is 0 Å². The Morgan fingerprint density at radius 2 is 2.15 bits per heavy atom. The molecule has 3 N–H and O–H groups in total. The van der Waals surface area contributed by atoms with Gasteiger partial charge in [0.05, 0.1) is 17.7 Å². The largest absolute Gasteiger partial charge is 0.481 e. The molecule has 0 radical (unpaired) electrons. The van der Waals surface area contributed by atoms with Crippen LogP contribution in [0.1, 0.15) is 12.0 Å². The molecule has 0 spiro atoms. The average Bonchev–Trinajstić information content (AvgIpc) is 2.66. The number of hydrogen-bond donors (Lipinski definition) is 3. The van der Waals surface area contributed by atoms with Crippen LogP contribution >= 0.6 is 15.9 Å². The van der Waals surface area contributed by atoms with E-state index in [2.05, 4.69) is 26.0 Å². The highest BCUT2D eigenvalue weighted by Crippen LogP contribution is 2.32. The van der Waals surface area contributed by atoms with Gasteiger partial charge >= 0.3 is 5.97 Å². The lowest BCUT2D eigenvalue weighted by Gasteiger charge is -2.09. The molecule has 0 unspecified atom stereocenters. The first-order chi connectivity index (χ1) is 9.29. The predicted octanol–water partition coefficient (Wildman–Crippen LogP) is 0.697. The molecule has 0 saturated carbocycles. The molecule has 0 atom stereocenters. The second kappa shape index (κ2) is 5.51. The van der Waals surface area contributed by atoms with Gasteiger partial charge in [0.25, 0.3) is 0 Å². The summed E-state index contributed by atoms with van der Waals surface area (Å²) in [5.74, 6) is -1.28. The molecular weight excluding hydrogens is 352 g/mol. The van der Waals surface area contributed by atoms with Gasteiger partial charge in [-0.25, -0.2) is 13.1 Å². The van der Waals surface area contributed by atoms with Gasteiger partial charge < -0.3 is 10.4 Å². The van der Waals surface area contributed by atoms with E-state index in [9.17, 15) is 18.0 Å². The van der Waals surface area contributed by atoms with Crippen LogP contribution in [0.4, 0.5) is 5.69 Å². The molecule has 7 nitrogen and oxygen atoms in total. The second-order valence-corrected chi connectivity index (χ2v) is 6.80. The van der Waals surface area contributed by atoms with Crippen molar-refractivity contribution in [2.45, 2.75) is 17.7 Å². The SMILES string of the molecule is O=C(O)CCNS(=O)(=O)c1cc2c(cc1Br)NC(=O)C2. The summed E-state index contributed by atoms with van der Waals surface area (Å²) in [7, 11) is -3.82. The molecule has 2 rings (SSSR count). The maximum absolute atomic E-state index is 12.1. The van der Waals surface area contributed by atoms with Crippen molar-refractivity contribution in [3.05, 3.63) is 22.2 Å². The van der Waals surface area contributed by atoms with E-state index in [0.29, 0.717) is 15.7 Å². The number of carbonyl (C=O) groups excluding carboxylic acids is 1. The topological polar surface area (TPSA) is 113 Å². The Bertz CT molecular complexity index is 686. The minimum absolute atomic E-state index is 0.0156. The lowest BCUT2D eigenvalue weighted by molar-refractivity contribution is -0.136. The van der Waals surface area contributed by atoms with Crippen LogP contribution in [0.5, 0.6) is 0 Å². The lowest BCUT2D eigenvalue weighted by atomic mass is 10.2. The van der Waals surface area contributed by atoms with E-state index in [4.69, 9.17) is 5.11 Å². The van der Waals surface area contributed by atoms with E-state index in [1.54, 1.807) is 0 Å². The number of nitrogens with one attached hydrogen (secondary N) is 2. The van der Waals surface area contributed by atoms with E-state index in [0.717, 1.165) is 0 Å². The number of halogens is 1. The first kappa shape index (κ1) is 14.9. The molecule has 0 fully saturated rings. The molecule has 0 bridgehead atoms. The molecule has 1 heterocycles. The van der Waals surface area contributed by atoms with Gasteiger partial charge in [-0.3, -0.25) is 9.59 Å². The monoisotopic (exact) mass is 362 g/mol. The Kier molecular flexibility index (Phi) is 4.11. The molecule has 0 saturated heterocycles. The molecule has 1 aromatic carbocycles. The highest BCUT2D eigenvalue weighted by molar-refractivity contribution is 9.10. The third-order valence-electron chi connectivity index (χ3n) is 2.70. The molecule has 108 valence electrons. The molecule has 1 aromatic rings. The highest BCUT2D eigenvalue weighted by atomic mass is 79.9. The van der Waals surface area contributed by atoms with Crippen molar-refractivity contribution in [1.29, 1.82) is 0 Å². The summed E-state index contributed by atoms with van der Waals surface area (Å²) >= 11 is 3.14. The number of aliphatic carboxylic acids is 1. The van der Waals surface area contributed by atoms with Crippen molar-refractivity contribution in [2.24, 2.45) is 0 Å². The fourth-order valence-electron chi connectivity index (χ4n) is 1.80. The van der Waals surface area contributed by atoms with Crippen LogP contribution in [-0.4, -0.2) is 31.9 Å². The maximum Gasteiger partial charge on any atom is 0.304 e. The minimum Gasteiger partial charge on any atom is -0.481 e. The Morgan fingerprint density at radius 3 is 2.80 bits per heavy atom. The molecule has 0 aliphatic carbocycles. The third-order valence-corrected chi connectivity index (χ3v) is 5.12. The van der Waals surface area contributed by atoms with Crippen molar-refractivity contribution in [3.63, 3.8) is 0 Å². The summed E-state index contributed by atoms with van der Waals surface area (Å²) in [6, 6.07) is 2.92. The lowest BCUT2D eigenvalue weighted by Crippen LogP contribution is -2.26. The van der Waals surface area contributed by atoms with Gasteiger partial charge in [0, 0.05) is 16.7 Å². The van der Waals surface area contributed by atoms with Crippen molar-refractivity contribution in [3.8, 4) is 0 Å². The smallest absolute Gasteiger partial charge is 0.304 e. The minimum atomic E-state index is -3.82. The van der Waals surface area contributed by atoms with Crippen LogP contribution in [0.3, 0.4) is 0 Å². The number of fused-ring (bicyclic) bond motifs is 1. The number of carboxylic acid groups (broad SMARTS) is 1. The Hall–Kier alpha value is -1.45. The molecule has 1 amide bonds. The van der Waals surface area contributed by atoms with Gasteiger partial charge in [-0.05, 0) is 33.6 Å². The number of hydrogen-bond acceptors (Lipinski definition) is 4. The van der Waals surface area contributed by atoms with Gasteiger partial charge in [-0.2, -0.15) is 0 Å². The zero-order chi connectivity index (χ0) is 14.9. The molecular formula is C11H11BrN2O5S. The van der Waals surface area contributed by atoms with Gasteiger partial charge in [-0.15, -0.1) is 0 Å². The van der Waals surface area contributed by atoms with Crippen LogP contribution < -0.4 is 10.0 Å². The van der Waals surface area contributed by atoms with Crippen LogP contribution in [0, 0.1) is 0 Å². The normalized spacial score (nSPS) is 13.9. The first-order valence-corrected chi connectivity index (χ1v) is 7.91. The Morgan fingerprint density at radius 1 is 1.45 bits per heavy atom. The molecule has 0 aromatic heterocycles. The van der Waals surface area contributed by atoms with E-state index >= 15 is 0 Å². The number of amides is 1. The third kappa shape index (κ3) is 3.17. The average molecular weight is 363 g/mol. The van der Waals surface area contributed by atoms with Crippen molar-refractivity contribution in [1.82, 2.24) is 4.72 Å². The predicted molar refractivity (Wildman–Crippen MR) is 73.9 cm³/mol. The molecule has 1 aliphatic rings. The number of carboxylic acids is 1. The van der Waals surface area contributed by atoms with E-state index in [1.165, 1.54) is 12.1 Å². The zero-order valence-corrected chi connectivity index (χ0v) is 12.5. The van der Waals surface area contributed by atoms with Crippen molar-refractivity contribution < 1.29 is 23.1 Å². The van der Waals surface area contributed by atoms with E-state index < -0.39 is 16.0 Å². The zero-order valence-electron chi connectivity index (χ0n) is 10.1. The Balaban J connectivity index is 2.26. The second-order valence-electron chi connectivity index (χ2n) is 4.21. The van der Waals surface area contributed by atoms with E-state index in [-0.39, 0.29) is 30.2 Å². The van der Waals surface area contributed by atoms with E-state index in [1.807, 2.05) is 0 Å². The number of anilines is 1. The summed E-state index contributed by atoms with van der Waals surface area (Å²) in [6.45, 7) is -0.196. The number of benzene rings is 1. The summed E-state index contributed by atoms with van der Waals surface area (Å²) in [5.41, 5.74) is 1.17. The summed E-state index contributed by atoms with van der Waals surface area (Å²) in [6.07, 6.45) is -0.178. The highest BCUT2D eigenvalue weighted by Gasteiger charge is 2.24. The standard InChI is InChI=1S/C11H11BrN2O5S/c12-7-5-8-6(4-10(15)14-8)3-9(7)20(18,19)13-2-1-11(16)17/h3,5,13H,1-2,4H2,(H,14,15)(H,16,17). The fraction of sp³-hybridized carbons (Fsp3) is 0.273. The quantitative estimate of drug-likeness (QED) is 0.713. The van der Waals surface area contributed by atoms with Crippen LogP contribution in [-0.2, 0) is 26.0 Å². The van der Waals surface area contributed by atoms with Crippen LogP contribution in [0.15, 0.2) is 21.5 Å². The molecule has 20 heavy (non-hydrogen) atoms. The number of sulfonamides is 1. The fourth-order valence-corrected chi connectivity index (χ4v) is 3.92. The molecule has 9 heteroatoms. The number of rotatable bonds is 5. The van der Waals surface area contributed by atoms with Gasteiger partial charge in [-0.1, -0.05) is 0 Å². The summed E-state index contributed by atoms with van der Waals surface area (Å²) in [5, 5.41) is 11.1. The van der Waals surface area contributed by atoms with Crippen molar-refractivity contribution in [2.75, 3.05) is 11.9 Å². The van der Waals surface area contributed by atoms with Gasteiger partial charge in [0.1, 0.15) is 0 Å². The van der Waals surface area contributed by atoms with Gasteiger partial charge in [0.2, 0.25) is 15.9 Å². The van der Waals surface area contributed by atoms with Gasteiger partial charge in [0.15, 0.2) is 0 Å². The molecule has 1 aliphatic heterocycles. The number of carbonyl (C=O) groups is 2. The summed E-state index contributed by atoms with van der Waals surface area (Å²) in [4.78, 5) is 21.6. The summed E-state index contributed by atoms with van der Waals surface area (Å²) < 4.78 is 26.7.